The highest BCUT2D eigenvalue weighted by atomic mass is 35.5. The molecule has 5 nitrogen and oxygen atoms in total. The quantitative estimate of drug-likeness (QED) is 0.859. The molecule has 0 saturated carbocycles. The summed E-state index contributed by atoms with van der Waals surface area (Å²) in [7, 11) is 0. The Morgan fingerprint density at radius 1 is 1.15 bits per heavy atom. The maximum atomic E-state index is 12.9. The van der Waals surface area contributed by atoms with Crippen molar-refractivity contribution in [2.75, 3.05) is 23.3 Å². The van der Waals surface area contributed by atoms with E-state index in [2.05, 4.69) is 5.32 Å². The number of urea groups is 1. The molecule has 3 rings (SSSR count). The van der Waals surface area contributed by atoms with Gasteiger partial charge in [0.15, 0.2) is 0 Å². The first-order chi connectivity index (χ1) is 12.4. The maximum absolute atomic E-state index is 12.9. The van der Waals surface area contributed by atoms with Crippen LogP contribution in [0.25, 0.3) is 0 Å². The summed E-state index contributed by atoms with van der Waals surface area (Å²) in [5.74, 6) is -0.0776. The maximum Gasteiger partial charge on any atom is 0.322 e. The number of piperazine rings is 1. The number of aryl methyl sites for hydroxylation is 2. The second-order valence-corrected chi connectivity index (χ2v) is 7.03. The number of benzene rings is 2. The number of hydrogen-bond donors (Lipinski definition) is 1. The fraction of sp³-hybridized carbons (Fsp3) is 0.300. The molecule has 0 radical (unpaired) electrons. The van der Waals surface area contributed by atoms with Gasteiger partial charge < -0.3 is 15.1 Å². The summed E-state index contributed by atoms with van der Waals surface area (Å²) in [6.45, 7) is 6.69. The molecule has 1 aliphatic heterocycles. The van der Waals surface area contributed by atoms with Gasteiger partial charge in [0.1, 0.15) is 6.04 Å². The van der Waals surface area contributed by atoms with Crippen LogP contribution in [0.15, 0.2) is 42.5 Å². The number of amides is 3. The zero-order valence-corrected chi connectivity index (χ0v) is 15.9. The van der Waals surface area contributed by atoms with Crippen LogP contribution in [0.4, 0.5) is 16.2 Å². The zero-order valence-electron chi connectivity index (χ0n) is 15.1. The van der Waals surface area contributed by atoms with Gasteiger partial charge in [0.05, 0.1) is 0 Å². The van der Waals surface area contributed by atoms with E-state index in [1.165, 1.54) is 0 Å². The molecule has 1 saturated heterocycles. The molecule has 1 N–H and O–H groups in total. The number of carbonyl (C=O) groups excluding carboxylic acids is 2. The summed E-state index contributed by atoms with van der Waals surface area (Å²) in [4.78, 5) is 28.8. The molecule has 0 bridgehead atoms. The van der Waals surface area contributed by atoms with Gasteiger partial charge in [-0.05, 0) is 56.2 Å². The topological polar surface area (TPSA) is 52.6 Å². The average molecular weight is 372 g/mol. The van der Waals surface area contributed by atoms with Gasteiger partial charge in [0.25, 0.3) is 0 Å². The third-order valence-electron chi connectivity index (χ3n) is 4.65. The number of nitrogens with zero attached hydrogens (tertiary/aromatic N) is 2. The van der Waals surface area contributed by atoms with Crippen LogP contribution >= 0.6 is 11.6 Å². The standard InChI is InChI=1S/C20H22ClN3O2/c1-13-7-8-14(2)18(11-13)24-10-9-23(15(3)19(24)25)20(26)22-17-6-4-5-16(21)12-17/h4-8,11-12,15H,9-10H2,1-3H3,(H,22,26)/t15-/m1/s1. The average Bonchev–Trinajstić information content (AvgIpc) is 2.59. The van der Waals surface area contributed by atoms with Crippen LogP contribution in [0.3, 0.4) is 0 Å². The Morgan fingerprint density at radius 2 is 1.92 bits per heavy atom. The molecule has 1 atom stereocenters. The molecule has 1 fully saturated rings. The third kappa shape index (κ3) is 3.68. The SMILES string of the molecule is Cc1ccc(C)c(N2CCN(C(=O)Nc3cccc(Cl)c3)[C@H](C)C2=O)c1. The molecule has 0 spiro atoms. The van der Waals surface area contributed by atoms with E-state index in [0.717, 1.165) is 16.8 Å². The highest BCUT2D eigenvalue weighted by Crippen LogP contribution is 2.26. The molecule has 1 aliphatic rings. The van der Waals surface area contributed by atoms with E-state index in [-0.39, 0.29) is 11.9 Å². The molecule has 26 heavy (non-hydrogen) atoms. The first kappa shape index (κ1) is 18.3. The van der Waals surface area contributed by atoms with Crippen molar-refractivity contribution in [3.05, 3.63) is 58.6 Å². The van der Waals surface area contributed by atoms with E-state index in [9.17, 15) is 9.59 Å². The Bertz CT molecular complexity index is 853. The van der Waals surface area contributed by atoms with E-state index >= 15 is 0 Å². The van der Waals surface area contributed by atoms with Crippen molar-refractivity contribution in [2.45, 2.75) is 26.8 Å². The highest BCUT2D eigenvalue weighted by Gasteiger charge is 2.35. The molecule has 2 aromatic rings. The molecule has 136 valence electrons. The molecule has 0 unspecified atom stereocenters. The minimum absolute atomic E-state index is 0.0776. The third-order valence-corrected chi connectivity index (χ3v) is 4.88. The molecule has 3 amide bonds. The number of nitrogens with one attached hydrogen (secondary N) is 1. The smallest absolute Gasteiger partial charge is 0.311 e. The lowest BCUT2D eigenvalue weighted by atomic mass is 10.1. The fourth-order valence-electron chi connectivity index (χ4n) is 3.16. The van der Waals surface area contributed by atoms with Gasteiger partial charge in [-0.1, -0.05) is 29.8 Å². The Hall–Kier alpha value is -2.53. The summed E-state index contributed by atoms with van der Waals surface area (Å²) >= 11 is 5.95. The summed E-state index contributed by atoms with van der Waals surface area (Å²) in [6, 6.07) is 12.2. The van der Waals surface area contributed by atoms with Gasteiger partial charge in [0.2, 0.25) is 5.91 Å². The Morgan fingerprint density at radius 3 is 2.65 bits per heavy atom. The van der Waals surface area contributed by atoms with Crippen LogP contribution in [0.1, 0.15) is 18.1 Å². The number of carbonyl (C=O) groups is 2. The van der Waals surface area contributed by atoms with Gasteiger partial charge in [-0.15, -0.1) is 0 Å². The fourth-order valence-corrected chi connectivity index (χ4v) is 3.35. The molecule has 6 heteroatoms. The molecule has 0 aromatic heterocycles. The van der Waals surface area contributed by atoms with Gasteiger partial charge >= 0.3 is 6.03 Å². The Kier molecular flexibility index (Phi) is 5.18. The summed E-state index contributed by atoms with van der Waals surface area (Å²) in [5, 5.41) is 3.36. The van der Waals surface area contributed by atoms with Gasteiger partial charge in [-0.25, -0.2) is 4.79 Å². The van der Waals surface area contributed by atoms with Gasteiger partial charge in [-0.2, -0.15) is 0 Å². The van der Waals surface area contributed by atoms with E-state index in [1.54, 1.807) is 41.0 Å². The highest BCUT2D eigenvalue weighted by molar-refractivity contribution is 6.30. The monoisotopic (exact) mass is 371 g/mol. The van der Waals surface area contributed by atoms with Crippen molar-refractivity contribution >= 4 is 34.9 Å². The van der Waals surface area contributed by atoms with Crippen molar-refractivity contribution in [1.29, 1.82) is 0 Å². The normalized spacial score (nSPS) is 17.4. The van der Waals surface area contributed by atoms with Crippen molar-refractivity contribution in [2.24, 2.45) is 0 Å². The molecule has 2 aromatic carbocycles. The van der Waals surface area contributed by atoms with Crippen molar-refractivity contribution < 1.29 is 9.59 Å². The van der Waals surface area contributed by atoms with Crippen LogP contribution in [0, 0.1) is 13.8 Å². The lowest BCUT2D eigenvalue weighted by molar-refractivity contribution is -0.123. The Labute approximate surface area is 158 Å². The second kappa shape index (κ2) is 7.38. The summed E-state index contributed by atoms with van der Waals surface area (Å²) in [5.41, 5.74) is 3.68. The van der Waals surface area contributed by atoms with E-state index < -0.39 is 6.04 Å². The van der Waals surface area contributed by atoms with Crippen LogP contribution in [0.5, 0.6) is 0 Å². The molecular weight excluding hydrogens is 350 g/mol. The first-order valence-corrected chi connectivity index (χ1v) is 8.96. The van der Waals surface area contributed by atoms with E-state index in [1.807, 2.05) is 32.0 Å². The van der Waals surface area contributed by atoms with Crippen LogP contribution < -0.4 is 10.2 Å². The van der Waals surface area contributed by atoms with Crippen LogP contribution in [-0.4, -0.2) is 36.0 Å². The molecular formula is C20H22ClN3O2. The second-order valence-electron chi connectivity index (χ2n) is 6.59. The summed E-state index contributed by atoms with van der Waals surface area (Å²) in [6.07, 6.45) is 0. The van der Waals surface area contributed by atoms with E-state index in [0.29, 0.717) is 23.8 Å². The van der Waals surface area contributed by atoms with Crippen LogP contribution in [0.2, 0.25) is 5.02 Å². The Balaban J connectivity index is 1.75. The number of anilines is 2. The van der Waals surface area contributed by atoms with Gasteiger partial charge in [0, 0.05) is 29.5 Å². The zero-order chi connectivity index (χ0) is 18.8. The largest absolute Gasteiger partial charge is 0.322 e. The van der Waals surface area contributed by atoms with Crippen molar-refractivity contribution in [1.82, 2.24) is 4.90 Å². The number of rotatable bonds is 2. The van der Waals surface area contributed by atoms with Crippen molar-refractivity contribution in [3.8, 4) is 0 Å². The van der Waals surface area contributed by atoms with Crippen molar-refractivity contribution in [3.63, 3.8) is 0 Å². The summed E-state index contributed by atoms with van der Waals surface area (Å²) < 4.78 is 0. The van der Waals surface area contributed by atoms with Crippen LogP contribution in [-0.2, 0) is 4.79 Å². The lowest BCUT2D eigenvalue weighted by Crippen LogP contribution is -2.58. The predicted octanol–water partition coefficient (Wildman–Crippen LogP) is 4.23. The minimum atomic E-state index is -0.539. The lowest BCUT2D eigenvalue weighted by Gasteiger charge is -2.39. The molecule has 0 aliphatic carbocycles. The van der Waals surface area contributed by atoms with Gasteiger partial charge in [-0.3, -0.25) is 4.79 Å². The first-order valence-electron chi connectivity index (χ1n) is 8.58. The predicted molar refractivity (Wildman–Crippen MR) is 105 cm³/mol. The molecule has 1 heterocycles. The number of halogens is 1. The van der Waals surface area contributed by atoms with E-state index in [4.69, 9.17) is 11.6 Å². The minimum Gasteiger partial charge on any atom is -0.311 e. The number of hydrogen-bond acceptors (Lipinski definition) is 2.